The van der Waals surface area contributed by atoms with Gasteiger partial charge in [-0.05, 0) is 37.3 Å². The van der Waals surface area contributed by atoms with Gasteiger partial charge in [-0.2, -0.15) is 10.2 Å². The van der Waals surface area contributed by atoms with E-state index in [0.29, 0.717) is 12.5 Å². The zero-order valence-corrected chi connectivity index (χ0v) is 15.1. The van der Waals surface area contributed by atoms with Gasteiger partial charge in [0.1, 0.15) is 0 Å². The van der Waals surface area contributed by atoms with Crippen LogP contribution in [0.5, 0.6) is 0 Å². The van der Waals surface area contributed by atoms with Crippen LogP contribution in [0.3, 0.4) is 0 Å². The summed E-state index contributed by atoms with van der Waals surface area (Å²) >= 11 is 0. The fourth-order valence-corrected chi connectivity index (χ4v) is 4.36. The van der Waals surface area contributed by atoms with Gasteiger partial charge in [0, 0.05) is 31.6 Å². The number of aromatic nitrogens is 4. The molecule has 1 fully saturated rings. The van der Waals surface area contributed by atoms with Crippen LogP contribution in [0.15, 0.2) is 16.9 Å². The molecule has 3 aliphatic rings. The van der Waals surface area contributed by atoms with Crippen molar-refractivity contribution in [1.29, 1.82) is 0 Å². The van der Waals surface area contributed by atoms with Crippen LogP contribution in [0.1, 0.15) is 35.5 Å². The van der Waals surface area contributed by atoms with Crippen LogP contribution < -0.4 is 5.56 Å². The van der Waals surface area contributed by atoms with Gasteiger partial charge in [0.2, 0.25) is 0 Å². The minimum Gasteiger partial charge on any atom is -0.373 e. The lowest BCUT2D eigenvalue weighted by molar-refractivity contribution is 0.0735. The van der Waals surface area contributed by atoms with Gasteiger partial charge in [-0.3, -0.25) is 14.4 Å². The topological polar surface area (TPSA) is 65.2 Å². The largest absolute Gasteiger partial charge is 0.373 e. The third-order valence-corrected chi connectivity index (χ3v) is 5.73. The fraction of sp³-hybridized carbons (Fsp3) is 0.632. The maximum Gasteiger partial charge on any atom is 0.267 e. The highest BCUT2D eigenvalue weighted by atomic mass is 16.5. The molecule has 2 aliphatic heterocycles. The minimum absolute atomic E-state index is 0.0610. The van der Waals surface area contributed by atoms with Crippen LogP contribution in [-0.4, -0.2) is 44.2 Å². The average Bonchev–Trinajstić information content (AvgIpc) is 3.02. The van der Waals surface area contributed by atoms with E-state index in [0.717, 1.165) is 63.6 Å². The average molecular weight is 355 g/mol. The molecule has 0 saturated carbocycles. The number of ether oxygens (including phenoxy) is 1. The van der Waals surface area contributed by atoms with E-state index in [-0.39, 0.29) is 5.56 Å². The lowest BCUT2D eigenvalue weighted by atomic mass is 9.96. The number of hydrogen-bond donors (Lipinski definition) is 0. The fourth-order valence-electron chi connectivity index (χ4n) is 4.36. The number of aryl methyl sites for hydroxylation is 2. The van der Waals surface area contributed by atoms with Crippen molar-refractivity contribution in [2.75, 3.05) is 19.7 Å². The molecule has 5 rings (SSSR count). The Bertz CT molecular complexity index is 842. The predicted octanol–water partition coefficient (Wildman–Crippen LogP) is 0.981. The highest BCUT2D eigenvalue weighted by Crippen LogP contribution is 2.22. The molecule has 0 bridgehead atoms. The molecule has 0 N–H and O–H groups in total. The van der Waals surface area contributed by atoms with Crippen LogP contribution in [0.25, 0.3) is 0 Å². The van der Waals surface area contributed by atoms with E-state index in [1.165, 1.54) is 24.1 Å². The first-order valence-electron chi connectivity index (χ1n) is 9.70. The third-order valence-electron chi connectivity index (χ3n) is 5.73. The molecule has 2 aromatic rings. The maximum absolute atomic E-state index is 12.3. The molecule has 1 saturated heterocycles. The molecule has 7 nitrogen and oxygen atoms in total. The maximum atomic E-state index is 12.3. The van der Waals surface area contributed by atoms with Crippen molar-refractivity contribution < 1.29 is 4.74 Å². The van der Waals surface area contributed by atoms with Crippen LogP contribution in [0.2, 0.25) is 0 Å². The van der Waals surface area contributed by atoms with Crippen molar-refractivity contribution in [3.05, 3.63) is 45.1 Å². The second-order valence-electron chi connectivity index (χ2n) is 7.81. The van der Waals surface area contributed by atoms with Crippen molar-refractivity contribution in [3.63, 3.8) is 0 Å². The van der Waals surface area contributed by atoms with Gasteiger partial charge in [-0.15, -0.1) is 0 Å². The Balaban J connectivity index is 1.19. The molecule has 2 aromatic heterocycles. The highest BCUT2D eigenvalue weighted by Gasteiger charge is 2.29. The van der Waals surface area contributed by atoms with Crippen molar-refractivity contribution in [3.8, 4) is 0 Å². The van der Waals surface area contributed by atoms with Gasteiger partial charge in [-0.25, -0.2) is 4.68 Å². The number of rotatable bonds is 4. The summed E-state index contributed by atoms with van der Waals surface area (Å²) in [6.07, 6.45) is 4.39. The second-order valence-corrected chi connectivity index (χ2v) is 7.81. The van der Waals surface area contributed by atoms with Crippen molar-refractivity contribution in [2.45, 2.75) is 51.9 Å². The first kappa shape index (κ1) is 16.2. The SMILES string of the molecule is O=c1cc2c(nn1CC1CN(Cc3cc4n(n3)CCOC4)C1)CCCC2. The van der Waals surface area contributed by atoms with Crippen molar-refractivity contribution in [1.82, 2.24) is 24.5 Å². The van der Waals surface area contributed by atoms with E-state index < -0.39 is 0 Å². The molecule has 0 unspecified atom stereocenters. The smallest absolute Gasteiger partial charge is 0.267 e. The summed E-state index contributed by atoms with van der Waals surface area (Å²) in [7, 11) is 0. The molecule has 0 radical (unpaired) electrons. The van der Waals surface area contributed by atoms with E-state index in [1.54, 1.807) is 4.68 Å². The number of hydrogen-bond acceptors (Lipinski definition) is 5. The van der Waals surface area contributed by atoms with Gasteiger partial charge >= 0.3 is 0 Å². The Morgan fingerprint density at radius 2 is 2.04 bits per heavy atom. The van der Waals surface area contributed by atoms with E-state index in [4.69, 9.17) is 4.74 Å². The Labute approximate surface area is 152 Å². The molecule has 138 valence electrons. The van der Waals surface area contributed by atoms with Gasteiger partial charge in [0.15, 0.2) is 0 Å². The van der Waals surface area contributed by atoms with Crippen molar-refractivity contribution >= 4 is 0 Å². The Morgan fingerprint density at radius 1 is 1.15 bits per heavy atom. The van der Waals surface area contributed by atoms with E-state index >= 15 is 0 Å². The number of nitrogens with zero attached hydrogens (tertiary/aromatic N) is 5. The summed E-state index contributed by atoms with van der Waals surface area (Å²) in [5, 5.41) is 9.32. The monoisotopic (exact) mass is 355 g/mol. The van der Waals surface area contributed by atoms with Crippen LogP contribution >= 0.6 is 0 Å². The normalized spacial score (nSPS) is 20.5. The number of likely N-dealkylation sites (tertiary alicyclic amines) is 1. The summed E-state index contributed by atoms with van der Waals surface area (Å²) in [6, 6.07) is 3.97. The van der Waals surface area contributed by atoms with Crippen LogP contribution in [-0.2, 0) is 43.8 Å². The van der Waals surface area contributed by atoms with Gasteiger partial charge in [0.05, 0.1) is 43.4 Å². The van der Waals surface area contributed by atoms with Crippen LogP contribution in [0, 0.1) is 5.92 Å². The summed E-state index contributed by atoms with van der Waals surface area (Å²) < 4.78 is 9.23. The third kappa shape index (κ3) is 3.10. The molecule has 7 heteroatoms. The molecule has 0 aromatic carbocycles. The van der Waals surface area contributed by atoms with Crippen molar-refractivity contribution in [2.24, 2.45) is 5.92 Å². The molecule has 1 aliphatic carbocycles. The van der Waals surface area contributed by atoms with E-state index in [9.17, 15) is 4.79 Å². The number of fused-ring (bicyclic) bond motifs is 2. The Hall–Kier alpha value is -1.99. The summed E-state index contributed by atoms with van der Waals surface area (Å²) in [4.78, 5) is 14.7. The standard InChI is InChI=1S/C19H25N5O2/c25-19-7-15-3-1-2-4-18(15)21-24(19)11-14-9-22(10-14)12-16-8-17-13-26-6-5-23(17)20-16/h7-8,14H,1-6,9-13H2. The first-order chi connectivity index (χ1) is 12.7. The second kappa shape index (κ2) is 6.63. The predicted molar refractivity (Wildman–Crippen MR) is 95.8 cm³/mol. The van der Waals surface area contributed by atoms with Crippen LogP contribution in [0.4, 0.5) is 0 Å². The Morgan fingerprint density at radius 3 is 2.92 bits per heavy atom. The molecule has 0 atom stereocenters. The van der Waals surface area contributed by atoms with Gasteiger partial charge < -0.3 is 4.74 Å². The molecular formula is C19H25N5O2. The summed E-state index contributed by atoms with van der Waals surface area (Å²) in [6.45, 7) is 5.89. The first-order valence-corrected chi connectivity index (χ1v) is 9.70. The molecular weight excluding hydrogens is 330 g/mol. The molecule has 0 amide bonds. The van der Waals surface area contributed by atoms with E-state index in [1.807, 2.05) is 6.07 Å². The quantitative estimate of drug-likeness (QED) is 0.818. The molecule has 4 heterocycles. The zero-order chi connectivity index (χ0) is 17.5. The zero-order valence-electron chi connectivity index (χ0n) is 15.1. The highest BCUT2D eigenvalue weighted by molar-refractivity contribution is 5.20. The van der Waals surface area contributed by atoms with Gasteiger partial charge in [0.25, 0.3) is 5.56 Å². The van der Waals surface area contributed by atoms with Gasteiger partial charge in [-0.1, -0.05) is 0 Å². The Kier molecular flexibility index (Phi) is 4.13. The lowest BCUT2D eigenvalue weighted by Crippen LogP contribution is -2.49. The molecule has 0 spiro atoms. The minimum atomic E-state index is 0.0610. The summed E-state index contributed by atoms with van der Waals surface area (Å²) in [5.74, 6) is 0.502. The van der Waals surface area contributed by atoms with E-state index in [2.05, 4.69) is 25.8 Å². The lowest BCUT2D eigenvalue weighted by Gasteiger charge is -2.38. The summed E-state index contributed by atoms with van der Waals surface area (Å²) in [5.41, 5.74) is 4.66. The molecule has 26 heavy (non-hydrogen) atoms.